The first-order valence-electron chi connectivity index (χ1n) is 7.44. The normalized spacial score (nSPS) is 27.6. The van der Waals surface area contributed by atoms with Gasteiger partial charge in [0, 0.05) is 6.54 Å². The molecule has 0 radical (unpaired) electrons. The minimum Gasteiger partial charge on any atom is -0.325 e. The van der Waals surface area contributed by atoms with Crippen LogP contribution in [0.25, 0.3) is 0 Å². The summed E-state index contributed by atoms with van der Waals surface area (Å²) in [6.07, 6.45) is 3.40. The van der Waals surface area contributed by atoms with Crippen molar-refractivity contribution in [2.75, 3.05) is 6.54 Å². The van der Waals surface area contributed by atoms with E-state index in [1.54, 1.807) is 0 Å². The van der Waals surface area contributed by atoms with Gasteiger partial charge in [0.15, 0.2) is 0 Å². The van der Waals surface area contributed by atoms with E-state index in [2.05, 4.69) is 44.8 Å². The van der Waals surface area contributed by atoms with Crippen molar-refractivity contribution in [3.05, 3.63) is 0 Å². The molecule has 0 aromatic rings. The Morgan fingerprint density at radius 2 is 1.89 bits per heavy atom. The highest BCUT2D eigenvalue weighted by Crippen LogP contribution is 2.43. The highest BCUT2D eigenvalue weighted by atomic mass is 16.2. The third kappa shape index (κ3) is 2.56. The summed E-state index contributed by atoms with van der Waals surface area (Å²) in [6.45, 7) is 12.1. The highest BCUT2D eigenvalue weighted by molar-refractivity contribution is 5.91. The SMILES string of the molecule is CC(C)CC1NC2(CC2)C(=O)N1CC(C)C(C)C. The van der Waals surface area contributed by atoms with Crippen molar-refractivity contribution < 1.29 is 4.79 Å². The molecule has 1 amide bonds. The summed E-state index contributed by atoms with van der Waals surface area (Å²) in [5.41, 5.74) is -0.156. The fourth-order valence-electron chi connectivity index (χ4n) is 2.72. The lowest BCUT2D eigenvalue weighted by Crippen LogP contribution is -2.41. The number of rotatable bonds is 5. The number of hydrogen-bond acceptors (Lipinski definition) is 2. The average Bonchev–Trinajstić information content (AvgIpc) is 2.99. The van der Waals surface area contributed by atoms with Crippen molar-refractivity contribution in [1.29, 1.82) is 0 Å². The topological polar surface area (TPSA) is 32.3 Å². The third-order valence-corrected chi connectivity index (χ3v) is 4.56. The van der Waals surface area contributed by atoms with E-state index in [9.17, 15) is 4.79 Å². The van der Waals surface area contributed by atoms with Crippen LogP contribution < -0.4 is 5.32 Å². The molecule has 2 unspecified atom stereocenters. The zero-order valence-corrected chi connectivity index (χ0v) is 12.5. The van der Waals surface area contributed by atoms with Gasteiger partial charge < -0.3 is 4.90 Å². The maximum atomic E-state index is 12.5. The molecule has 104 valence electrons. The van der Waals surface area contributed by atoms with Gasteiger partial charge in [-0.1, -0.05) is 34.6 Å². The Labute approximate surface area is 111 Å². The van der Waals surface area contributed by atoms with Gasteiger partial charge in [-0.25, -0.2) is 0 Å². The van der Waals surface area contributed by atoms with Crippen LogP contribution in [0.1, 0.15) is 53.9 Å². The Hall–Kier alpha value is -0.570. The van der Waals surface area contributed by atoms with Crippen molar-refractivity contribution in [1.82, 2.24) is 10.2 Å². The van der Waals surface area contributed by atoms with E-state index in [1.807, 2.05) is 0 Å². The van der Waals surface area contributed by atoms with E-state index in [1.165, 1.54) is 0 Å². The van der Waals surface area contributed by atoms with Gasteiger partial charge in [-0.15, -0.1) is 0 Å². The third-order valence-electron chi connectivity index (χ3n) is 4.56. The molecule has 0 aromatic carbocycles. The number of nitrogens with zero attached hydrogens (tertiary/aromatic N) is 1. The summed E-state index contributed by atoms with van der Waals surface area (Å²) in [5.74, 6) is 2.19. The fraction of sp³-hybridized carbons (Fsp3) is 0.933. The van der Waals surface area contributed by atoms with E-state index in [0.717, 1.165) is 25.8 Å². The van der Waals surface area contributed by atoms with Gasteiger partial charge in [-0.05, 0) is 37.0 Å². The summed E-state index contributed by atoms with van der Waals surface area (Å²) < 4.78 is 0. The van der Waals surface area contributed by atoms with Crippen molar-refractivity contribution in [3.63, 3.8) is 0 Å². The Morgan fingerprint density at radius 1 is 1.28 bits per heavy atom. The average molecular weight is 252 g/mol. The van der Waals surface area contributed by atoms with Gasteiger partial charge in [0.25, 0.3) is 0 Å². The standard InChI is InChI=1S/C15H28N2O/c1-10(2)8-13-16-15(6-7-15)14(18)17(13)9-12(5)11(3)4/h10-13,16H,6-9H2,1-5H3. The molecule has 1 aliphatic carbocycles. The van der Waals surface area contributed by atoms with Crippen molar-refractivity contribution >= 4 is 5.91 Å². The van der Waals surface area contributed by atoms with E-state index in [4.69, 9.17) is 0 Å². The summed E-state index contributed by atoms with van der Waals surface area (Å²) in [4.78, 5) is 14.6. The van der Waals surface area contributed by atoms with E-state index in [-0.39, 0.29) is 11.7 Å². The van der Waals surface area contributed by atoms with Crippen LogP contribution in [-0.2, 0) is 4.79 Å². The number of hydrogen-bond donors (Lipinski definition) is 1. The van der Waals surface area contributed by atoms with Crippen molar-refractivity contribution in [3.8, 4) is 0 Å². The molecule has 1 spiro atoms. The molecule has 0 bridgehead atoms. The molecule has 2 rings (SSSR count). The van der Waals surface area contributed by atoms with Crippen LogP contribution in [-0.4, -0.2) is 29.1 Å². The van der Waals surface area contributed by atoms with Crippen LogP contribution >= 0.6 is 0 Å². The maximum Gasteiger partial charge on any atom is 0.244 e. The number of carbonyl (C=O) groups excluding carboxylic acids is 1. The van der Waals surface area contributed by atoms with Crippen LogP contribution in [0.4, 0.5) is 0 Å². The minimum atomic E-state index is -0.156. The smallest absolute Gasteiger partial charge is 0.244 e. The number of carbonyl (C=O) groups is 1. The quantitative estimate of drug-likeness (QED) is 0.816. The second kappa shape index (κ2) is 4.84. The highest BCUT2D eigenvalue weighted by Gasteiger charge is 2.58. The van der Waals surface area contributed by atoms with E-state index < -0.39 is 0 Å². The largest absolute Gasteiger partial charge is 0.325 e. The fourth-order valence-corrected chi connectivity index (χ4v) is 2.72. The lowest BCUT2D eigenvalue weighted by atomic mass is 9.97. The van der Waals surface area contributed by atoms with E-state index >= 15 is 0 Å². The first-order valence-corrected chi connectivity index (χ1v) is 7.44. The lowest BCUT2D eigenvalue weighted by Gasteiger charge is -2.29. The van der Waals surface area contributed by atoms with Gasteiger partial charge in [-0.3, -0.25) is 10.1 Å². The Kier molecular flexibility index (Phi) is 3.72. The summed E-state index contributed by atoms with van der Waals surface area (Å²) in [5, 5.41) is 3.59. The number of amides is 1. The first-order chi connectivity index (χ1) is 8.35. The lowest BCUT2D eigenvalue weighted by molar-refractivity contribution is -0.131. The van der Waals surface area contributed by atoms with Crippen LogP contribution in [0.2, 0.25) is 0 Å². The second-order valence-corrected chi connectivity index (χ2v) is 7.05. The predicted molar refractivity (Wildman–Crippen MR) is 74.1 cm³/mol. The van der Waals surface area contributed by atoms with Crippen molar-refractivity contribution in [2.24, 2.45) is 17.8 Å². The molecule has 1 saturated heterocycles. The molecule has 1 heterocycles. The molecule has 1 aliphatic heterocycles. The molecule has 0 aromatic heterocycles. The molecule has 3 heteroatoms. The molecule has 2 aliphatic rings. The summed E-state index contributed by atoms with van der Waals surface area (Å²) >= 11 is 0. The minimum absolute atomic E-state index is 0.156. The van der Waals surface area contributed by atoms with E-state index in [0.29, 0.717) is 23.7 Å². The summed E-state index contributed by atoms with van der Waals surface area (Å²) in [6, 6.07) is 0. The Bertz CT molecular complexity index is 320. The van der Waals surface area contributed by atoms with Crippen LogP contribution in [0.5, 0.6) is 0 Å². The number of nitrogens with one attached hydrogen (secondary N) is 1. The molecule has 18 heavy (non-hydrogen) atoms. The summed E-state index contributed by atoms with van der Waals surface area (Å²) in [7, 11) is 0. The molecular formula is C15H28N2O. The predicted octanol–water partition coefficient (Wildman–Crippen LogP) is 2.62. The molecule has 1 N–H and O–H groups in total. The maximum absolute atomic E-state index is 12.5. The van der Waals surface area contributed by atoms with Crippen LogP contribution in [0, 0.1) is 17.8 Å². The Morgan fingerprint density at radius 3 is 2.33 bits per heavy atom. The van der Waals surface area contributed by atoms with Crippen LogP contribution in [0.3, 0.4) is 0 Å². The molecule has 3 nitrogen and oxygen atoms in total. The van der Waals surface area contributed by atoms with Crippen LogP contribution in [0.15, 0.2) is 0 Å². The van der Waals surface area contributed by atoms with Gasteiger partial charge in [0.1, 0.15) is 0 Å². The first kappa shape index (κ1) is 13.9. The monoisotopic (exact) mass is 252 g/mol. The Balaban J connectivity index is 2.05. The van der Waals surface area contributed by atoms with Crippen molar-refractivity contribution in [2.45, 2.75) is 65.6 Å². The second-order valence-electron chi connectivity index (χ2n) is 7.05. The molecular weight excluding hydrogens is 224 g/mol. The zero-order valence-electron chi connectivity index (χ0n) is 12.5. The van der Waals surface area contributed by atoms with Gasteiger partial charge >= 0.3 is 0 Å². The molecule has 2 atom stereocenters. The van der Waals surface area contributed by atoms with Gasteiger partial charge in [0.05, 0.1) is 11.7 Å². The molecule has 2 fully saturated rings. The van der Waals surface area contributed by atoms with Gasteiger partial charge in [0.2, 0.25) is 5.91 Å². The van der Waals surface area contributed by atoms with Gasteiger partial charge in [-0.2, -0.15) is 0 Å². The zero-order chi connectivity index (χ0) is 13.5. The molecule has 1 saturated carbocycles.